The molecule has 2 heterocycles. The monoisotopic (exact) mass is 366 g/mol. The van der Waals surface area contributed by atoms with Crippen LogP contribution in [0.3, 0.4) is 0 Å². The first-order valence-corrected chi connectivity index (χ1v) is 8.91. The molecule has 0 bridgehead atoms. The van der Waals surface area contributed by atoms with Gasteiger partial charge in [-0.2, -0.15) is 0 Å². The summed E-state index contributed by atoms with van der Waals surface area (Å²) in [4.78, 5) is 12.5. The molecule has 0 aliphatic heterocycles. The molecule has 1 aliphatic carbocycles. The van der Waals surface area contributed by atoms with Gasteiger partial charge in [-0.05, 0) is 25.8 Å². The Bertz CT molecular complexity index is 971. The number of hydrogen-bond acceptors (Lipinski definition) is 6. The summed E-state index contributed by atoms with van der Waals surface area (Å²) in [6.45, 7) is 5.88. The van der Waals surface area contributed by atoms with Crippen molar-refractivity contribution in [2.75, 3.05) is 0 Å². The van der Waals surface area contributed by atoms with Crippen molar-refractivity contribution in [1.29, 1.82) is 0 Å². The third kappa shape index (κ3) is 3.09. The van der Waals surface area contributed by atoms with Crippen LogP contribution in [0.25, 0.3) is 11.0 Å². The molecule has 0 spiro atoms. The lowest BCUT2D eigenvalue weighted by Gasteiger charge is -2.19. The molecule has 1 aromatic carbocycles. The van der Waals surface area contributed by atoms with Crippen LogP contribution in [-0.4, -0.2) is 49.8 Å². The van der Waals surface area contributed by atoms with Gasteiger partial charge in [0.25, 0.3) is 0 Å². The lowest BCUT2D eigenvalue weighted by molar-refractivity contribution is -0.0165. The second-order valence-corrected chi connectivity index (χ2v) is 6.85. The first kappa shape index (κ1) is 17.6. The number of aromatic nitrogens is 3. The zero-order valence-corrected chi connectivity index (χ0v) is 15.1. The van der Waals surface area contributed by atoms with Gasteiger partial charge >= 0.3 is 0 Å². The quantitative estimate of drug-likeness (QED) is 0.674. The van der Waals surface area contributed by atoms with E-state index in [1.54, 1.807) is 0 Å². The molecule has 1 fully saturated rings. The number of hydrogen-bond donors (Lipinski definition) is 2. The maximum atomic E-state index is 10.7. The molecule has 140 valence electrons. The number of aliphatic hydroxyl groups excluding tert-OH is 2. The van der Waals surface area contributed by atoms with E-state index in [0.717, 1.165) is 22.3 Å². The van der Waals surface area contributed by atoms with E-state index in [0.29, 0.717) is 18.7 Å². The van der Waals surface area contributed by atoms with Crippen LogP contribution in [0.1, 0.15) is 23.7 Å². The Balaban J connectivity index is 1.61. The summed E-state index contributed by atoms with van der Waals surface area (Å²) in [5.41, 5.74) is 2.52. The average molecular weight is 366 g/mol. The topological polar surface area (TPSA) is 92.8 Å². The van der Waals surface area contributed by atoms with Crippen LogP contribution in [0.2, 0.25) is 0 Å². The Morgan fingerprint density at radius 2 is 2.04 bits per heavy atom. The van der Waals surface area contributed by atoms with E-state index in [-0.39, 0.29) is 6.04 Å². The molecule has 3 aromatic rings. The molecule has 2 N–H and O–H groups in total. The minimum absolute atomic E-state index is 0.332. The maximum absolute atomic E-state index is 10.7. The van der Waals surface area contributed by atoms with Crippen LogP contribution in [-0.2, 0) is 6.54 Å². The van der Waals surface area contributed by atoms with E-state index >= 15 is 0 Å². The SMILES string of the molecule is C=NCc1ccccc1O[C@@H]1C[C@H](n2ccc3c(C)ncnc32)[C@@H](O)[C@H]1O. The zero-order chi connectivity index (χ0) is 19.0. The largest absolute Gasteiger partial charge is 0.487 e. The minimum atomic E-state index is -1.000. The van der Waals surface area contributed by atoms with Crippen LogP contribution in [0.5, 0.6) is 5.75 Å². The number of para-hydroxylation sites is 1. The molecule has 0 unspecified atom stereocenters. The molecule has 7 heteroatoms. The third-order valence-corrected chi connectivity index (χ3v) is 5.20. The number of benzene rings is 1. The smallest absolute Gasteiger partial charge is 0.143 e. The highest BCUT2D eigenvalue weighted by Crippen LogP contribution is 2.36. The Hall–Kier alpha value is -2.77. The second kappa shape index (κ2) is 7.09. The van der Waals surface area contributed by atoms with Crippen molar-refractivity contribution in [2.24, 2.45) is 4.99 Å². The van der Waals surface area contributed by atoms with Crippen LogP contribution < -0.4 is 4.74 Å². The van der Waals surface area contributed by atoms with E-state index in [1.165, 1.54) is 6.33 Å². The maximum Gasteiger partial charge on any atom is 0.143 e. The summed E-state index contributed by atoms with van der Waals surface area (Å²) in [7, 11) is 0. The number of aliphatic hydroxyl groups is 2. The van der Waals surface area contributed by atoms with Gasteiger partial charge < -0.3 is 19.5 Å². The lowest BCUT2D eigenvalue weighted by atomic mass is 10.2. The highest BCUT2D eigenvalue weighted by molar-refractivity contribution is 5.78. The van der Waals surface area contributed by atoms with Crippen molar-refractivity contribution in [3.05, 3.63) is 54.1 Å². The summed E-state index contributed by atoms with van der Waals surface area (Å²) in [5, 5.41) is 22.2. The molecule has 7 nitrogen and oxygen atoms in total. The molecule has 0 amide bonds. The summed E-state index contributed by atoms with van der Waals surface area (Å²) >= 11 is 0. The van der Waals surface area contributed by atoms with Gasteiger partial charge in [0, 0.05) is 23.6 Å². The van der Waals surface area contributed by atoms with E-state index in [2.05, 4.69) is 21.7 Å². The third-order valence-electron chi connectivity index (χ3n) is 5.20. The van der Waals surface area contributed by atoms with E-state index in [4.69, 9.17) is 4.74 Å². The van der Waals surface area contributed by atoms with E-state index in [9.17, 15) is 10.2 Å². The molecule has 0 saturated heterocycles. The van der Waals surface area contributed by atoms with Crippen LogP contribution in [0.4, 0.5) is 0 Å². The predicted octanol–water partition coefficient (Wildman–Crippen LogP) is 2.05. The fourth-order valence-corrected chi connectivity index (χ4v) is 3.76. The fraction of sp³-hybridized carbons (Fsp3) is 0.350. The van der Waals surface area contributed by atoms with Gasteiger partial charge in [-0.15, -0.1) is 0 Å². The zero-order valence-electron chi connectivity index (χ0n) is 15.1. The van der Waals surface area contributed by atoms with Crippen LogP contribution >= 0.6 is 0 Å². The van der Waals surface area contributed by atoms with Gasteiger partial charge in [-0.3, -0.25) is 4.99 Å². The molecule has 2 aromatic heterocycles. The standard InChI is InChI=1S/C20H22N4O3/c1-12-14-7-8-24(20(14)23-11-22-12)15-9-17(19(26)18(15)25)27-16-6-4-3-5-13(16)10-21-2/h3-8,11,15,17-19,25-26H,2,9-10H2,1H3/t15-,17+,18+,19-/m0/s1. The molecular formula is C20H22N4O3. The number of aliphatic imine (C=N–C) groups is 1. The first-order chi connectivity index (χ1) is 13.1. The van der Waals surface area contributed by atoms with Crippen LogP contribution in [0.15, 0.2) is 47.8 Å². The number of ether oxygens (including phenoxy) is 1. The molecule has 27 heavy (non-hydrogen) atoms. The Morgan fingerprint density at radius 1 is 1.22 bits per heavy atom. The Labute approximate surface area is 157 Å². The van der Waals surface area contributed by atoms with Gasteiger partial charge in [0.15, 0.2) is 0 Å². The molecule has 0 radical (unpaired) electrons. The van der Waals surface area contributed by atoms with Crippen molar-refractivity contribution in [1.82, 2.24) is 14.5 Å². The molecule has 4 atom stereocenters. The fourth-order valence-electron chi connectivity index (χ4n) is 3.76. The van der Waals surface area contributed by atoms with Crippen molar-refractivity contribution >= 4 is 17.8 Å². The van der Waals surface area contributed by atoms with E-state index in [1.807, 2.05) is 48.0 Å². The number of rotatable bonds is 5. The van der Waals surface area contributed by atoms with Gasteiger partial charge in [0.1, 0.15) is 36.0 Å². The molecule has 1 aliphatic rings. The minimum Gasteiger partial charge on any atom is -0.487 e. The number of fused-ring (bicyclic) bond motifs is 1. The molecule has 4 rings (SSSR count). The van der Waals surface area contributed by atoms with Crippen molar-refractivity contribution < 1.29 is 14.9 Å². The molecule has 1 saturated carbocycles. The number of nitrogens with zero attached hydrogens (tertiary/aromatic N) is 4. The Kier molecular flexibility index (Phi) is 4.63. The molecular weight excluding hydrogens is 344 g/mol. The van der Waals surface area contributed by atoms with Crippen molar-refractivity contribution in [3.8, 4) is 5.75 Å². The lowest BCUT2D eigenvalue weighted by Crippen LogP contribution is -2.34. The van der Waals surface area contributed by atoms with Crippen LogP contribution in [0, 0.1) is 6.92 Å². The first-order valence-electron chi connectivity index (χ1n) is 8.91. The normalized spacial score (nSPS) is 25.0. The van der Waals surface area contributed by atoms with E-state index < -0.39 is 18.3 Å². The highest BCUT2D eigenvalue weighted by atomic mass is 16.5. The summed E-state index contributed by atoms with van der Waals surface area (Å²) < 4.78 is 7.96. The number of aryl methyl sites for hydroxylation is 1. The van der Waals surface area contributed by atoms with Gasteiger partial charge in [-0.25, -0.2) is 9.97 Å². The summed E-state index contributed by atoms with van der Waals surface area (Å²) in [5.74, 6) is 0.650. The van der Waals surface area contributed by atoms with Gasteiger partial charge in [0.05, 0.1) is 18.3 Å². The average Bonchev–Trinajstić information content (AvgIpc) is 3.21. The second-order valence-electron chi connectivity index (χ2n) is 6.85. The Morgan fingerprint density at radius 3 is 2.85 bits per heavy atom. The van der Waals surface area contributed by atoms with Gasteiger partial charge in [0.2, 0.25) is 0 Å². The van der Waals surface area contributed by atoms with Gasteiger partial charge in [-0.1, -0.05) is 18.2 Å². The summed E-state index contributed by atoms with van der Waals surface area (Å²) in [6, 6.07) is 9.14. The summed E-state index contributed by atoms with van der Waals surface area (Å²) in [6.07, 6.45) is 1.37. The van der Waals surface area contributed by atoms with Crippen molar-refractivity contribution in [2.45, 2.75) is 44.2 Å². The van der Waals surface area contributed by atoms with Crippen molar-refractivity contribution in [3.63, 3.8) is 0 Å². The predicted molar refractivity (Wildman–Crippen MR) is 102 cm³/mol. The highest BCUT2D eigenvalue weighted by Gasteiger charge is 2.44.